The number of aldehydes is 1. The molecule has 1 aliphatic heterocycles. The van der Waals surface area contributed by atoms with Crippen molar-refractivity contribution in [1.29, 1.82) is 0 Å². The van der Waals surface area contributed by atoms with Crippen LogP contribution in [0.25, 0.3) is 10.8 Å². The number of hydrogen-bond donors (Lipinski definition) is 2. The maximum atomic E-state index is 13.4. The highest BCUT2D eigenvalue weighted by Gasteiger charge is 2.42. The Kier molecular flexibility index (Phi) is 7.67. The van der Waals surface area contributed by atoms with Crippen LogP contribution in [0.5, 0.6) is 5.75 Å². The first-order valence-corrected chi connectivity index (χ1v) is 12.1. The summed E-state index contributed by atoms with van der Waals surface area (Å²) in [6.07, 6.45) is -0.145. The van der Waals surface area contributed by atoms with Crippen molar-refractivity contribution in [3.05, 3.63) is 78.4 Å². The Morgan fingerprint density at radius 3 is 2.51 bits per heavy atom. The first-order valence-electron chi connectivity index (χ1n) is 11.0. The minimum absolute atomic E-state index is 0.284. The molecular formula is C26H24N2O6S. The predicted octanol–water partition coefficient (Wildman–Crippen LogP) is 3.02. The van der Waals surface area contributed by atoms with Gasteiger partial charge in [0.05, 0.1) is 12.5 Å². The number of aliphatic carboxylic acids is 1. The molecule has 3 atom stereocenters. The summed E-state index contributed by atoms with van der Waals surface area (Å²) in [5, 5.41) is 12.9. The van der Waals surface area contributed by atoms with E-state index in [0.717, 1.165) is 16.3 Å². The van der Waals surface area contributed by atoms with Gasteiger partial charge in [-0.05, 0) is 17.0 Å². The second-order valence-corrected chi connectivity index (χ2v) is 9.14. The van der Waals surface area contributed by atoms with Crippen LogP contribution in [0.3, 0.4) is 0 Å². The third kappa shape index (κ3) is 5.63. The Balaban J connectivity index is 1.55. The number of ether oxygens (including phenoxy) is 1. The van der Waals surface area contributed by atoms with E-state index in [4.69, 9.17) is 9.84 Å². The molecule has 2 amide bonds. The third-order valence-corrected chi connectivity index (χ3v) is 6.99. The number of amides is 2. The number of nitrogens with one attached hydrogen (secondary N) is 1. The van der Waals surface area contributed by atoms with E-state index in [1.54, 1.807) is 6.07 Å². The van der Waals surface area contributed by atoms with Crippen LogP contribution in [0, 0.1) is 0 Å². The number of carboxylic acids is 1. The van der Waals surface area contributed by atoms with Gasteiger partial charge in [-0.15, -0.1) is 11.8 Å². The van der Waals surface area contributed by atoms with Gasteiger partial charge in [-0.1, -0.05) is 66.7 Å². The molecule has 0 saturated carbocycles. The monoisotopic (exact) mass is 492 g/mol. The van der Waals surface area contributed by atoms with E-state index in [0.29, 0.717) is 17.8 Å². The Bertz CT molecular complexity index is 1230. The lowest BCUT2D eigenvalue weighted by Crippen LogP contribution is -2.52. The fraction of sp³-hybridized carbons (Fsp3) is 0.231. The lowest BCUT2D eigenvalue weighted by molar-refractivity contribution is -0.143. The maximum absolute atomic E-state index is 13.4. The maximum Gasteiger partial charge on any atom is 0.305 e. The molecule has 9 heteroatoms. The molecule has 2 unspecified atom stereocenters. The topological polar surface area (TPSA) is 113 Å². The molecule has 0 bridgehead atoms. The Morgan fingerprint density at radius 1 is 1.06 bits per heavy atom. The van der Waals surface area contributed by atoms with E-state index in [1.165, 1.54) is 16.7 Å². The molecule has 3 aromatic rings. The molecule has 0 spiro atoms. The van der Waals surface area contributed by atoms with Crippen LogP contribution in [-0.4, -0.2) is 58.5 Å². The molecule has 3 aromatic carbocycles. The summed E-state index contributed by atoms with van der Waals surface area (Å²) in [6.45, 7) is -0.284. The number of carbonyl (C=O) groups excluding carboxylic acids is 3. The number of hydrogen-bond acceptors (Lipinski definition) is 6. The molecule has 1 aliphatic rings. The van der Waals surface area contributed by atoms with Gasteiger partial charge in [-0.25, -0.2) is 0 Å². The first-order chi connectivity index (χ1) is 17.0. The summed E-state index contributed by atoms with van der Waals surface area (Å²) < 4.78 is 5.89. The molecule has 1 saturated heterocycles. The van der Waals surface area contributed by atoms with Gasteiger partial charge >= 0.3 is 5.97 Å². The Labute approximate surface area is 206 Å². The van der Waals surface area contributed by atoms with E-state index in [2.05, 4.69) is 5.32 Å². The van der Waals surface area contributed by atoms with E-state index in [-0.39, 0.29) is 6.61 Å². The van der Waals surface area contributed by atoms with Crippen molar-refractivity contribution in [2.24, 2.45) is 0 Å². The van der Waals surface area contributed by atoms with Crippen LogP contribution < -0.4 is 10.1 Å². The van der Waals surface area contributed by atoms with Gasteiger partial charge in [0, 0.05) is 11.1 Å². The number of rotatable bonds is 9. The number of carboxylic acid groups (broad SMARTS) is 1. The van der Waals surface area contributed by atoms with Crippen LogP contribution >= 0.6 is 11.8 Å². The van der Waals surface area contributed by atoms with Crippen molar-refractivity contribution >= 4 is 46.6 Å². The molecule has 0 aromatic heterocycles. The van der Waals surface area contributed by atoms with Gasteiger partial charge in [0.1, 0.15) is 23.5 Å². The molecule has 180 valence electrons. The van der Waals surface area contributed by atoms with Crippen molar-refractivity contribution < 1.29 is 29.0 Å². The predicted molar refractivity (Wildman–Crippen MR) is 132 cm³/mol. The second kappa shape index (κ2) is 11.1. The molecule has 0 aliphatic carbocycles. The van der Waals surface area contributed by atoms with Gasteiger partial charge < -0.3 is 24.9 Å². The highest BCUT2D eigenvalue weighted by Crippen LogP contribution is 2.41. The molecule has 8 nitrogen and oxygen atoms in total. The Hall–Kier alpha value is -3.85. The smallest absolute Gasteiger partial charge is 0.305 e. The van der Waals surface area contributed by atoms with E-state index in [1.807, 2.05) is 66.7 Å². The van der Waals surface area contributed by atoms with E-state index >= 15 is 0 Å². The minimum atomic E-state index is -1.21. The van der Waals surface area contributed by atoms with Gasteiger partial charge in [0.15, 0.2) is 6.61 Å². The molecule has 35 heavy (non-hydrogen) atoms. The van der Waals surface area contributed by atoms with E-state index in [9.17, 15) is 19.2 Å². The zero-order chi connectivity index (χ0) is 24.8. The summed E-state index contributed by atoms with van der Waals surface area (Å²) in [7, 11) is 0. The summed E-state index contributed by atoms with van der Waals surface area (Å²) in [5.41, 5.74) is 0.851. The molecule has 2 N–H and O–H groups in total. The second-order valence-electron chi connectivity index (χ2n) is 8.03. The SMILES string of the molecule is O=C[C@H](CC(=O)O)NC(=O)C1CSC(c2ccccc2)N1C(=O)COc1cccc2ccccc12. The van der Waals surface area contributed by atoms with Crippen LogP contribution in [0.4, 0.5) is 0 Å². The lowest BCUT2D eigenvalue weighted by atomic mass is 10.1. The highest BCUT2D eigenvalue weighted by molar-refractivity contribution is 7.99. The average molecular weight is 493 g/mol. The van der Waals surface area contributed by atoms with Crippen LogP contribution in [0.15, 0.2) is 72.8 Å². The van der Waals surface area contributed by atoms with Gasteiger partial charge in [0.2, 0.25) is 5.91 Å². The Morgan fingerprint density at radius 2 is 1.77 bits per heavy atom. The van der Waals surface area contributed by atoms with Crippen molar-refractivity contribution in [3.8, 4) is 5.75 Å². The van der Waals surface area contributed by atoms with Crippen molar-refractivity contribution in [2.45, 2.75) is 23.9 Å². The largest absolute Gasteiger partial charge is 0.483 e. The average Bonchev–Trinajstić information content (AvgIpc) is 3.32. The standard InChI is InChI=1S/C26H24N2O6S/c29-14-19(13-24(31)32)27-25(33)21-16-35-26(18-8-2-1-3-9-18)28(21)23(30)15-34-22-12-6-10-17-7-4-5-11-20(17)22/h1-12,14,19,21,26H,13,15-16H2,(H,27,33)(H,31,32)/t19-,21?,26?/m0/s1. The summed E-state index contributed by atoms with van der Waals surface area (Å²) >= 11 is 1.43. The number of nitrogens with zero attached hydrogens (tertiary/aromatic N) is 1. The summed E-state index contributed by atoms with van der Waals surface area (Å²) in [5.74, 6) is -1.32. The summed E-state index contributed by atoms with van der Waals surface area (Å²) in [6, 6.07) is 20.5. The van der Waals surface area contributed by atoms with Crippen LogP contribution in [0.2, 0.25) is 0 Å². The fourth-order valence-electron chi connectivity index (χ4n) is 4.02. The quantitative estimate of drug-likeness (QED) is 0.442. The van der Waals surface area contributed by atoms with Crippen molar-refractivity contribution in [2.75, 3.05) is 12.4 Å². The zero-order valence-corrected chi connectivity index (χ0v) is 19.5. The van der Waals surface area contributed by atoms with E-state index < -0.39 is 41.7 Å². The van der Waals surface area contributed by atoms with Gasteiger partial charge in [0.25, 0.3) is 5.91 Å². The fourth-order valence-corrected chi connectivity index (χ4v) is 5.47. The van der Waals surface area contributed by atoms with Gasteiger partial charge in [-0.2, -0.15) is 0 Å². The number of fused-ring (bicyclic) bond motifs is 1. The van der Waals surface area contributed by atoms with Crippen LogP contribution in [0.1, 0.15) is 17.4 Å². The third-order valence-electron chi connectivity index (χ3n) is 5.66. The van der Waals surface area contributed by atoms with Gasteiger partial charge in [-0.3, -0.25) is 14.4 Å². The molecule has 1 fully saturated rings. The summed E-state index contributed by atoms with van der Waals surface area (Å²) in [4.78, 5) is 50.2. The van der Waals surface area contributed by atoms with Crippen molar-refractivity contribution in [3.63, 3.8) is 0 Å². The lowest BCUT2D eigenvalue weighted by Gasteiger charge is -2.29. The molecule has 4 rings (SSSR count). The number of benzene rings is 3. The molecular weight excluding hydrogens is 468 g/mol. The van der Waals surface area contributed by atoms with Crippen LogP contribution in [-0.2, 0) is 19.2 Å². The minimum Gasteiger partial charge on any atom is -0.483 e. The van der Waals surface area contributed by atoms with Crippen molar-refractivity contribution in [1.82, 2.24) is 10.2 Å². The first kappa shape index (κ1) is 24.3. The number of thioether (sulfide) groups is 1. The number of carbonyl (C=O) groups is 4. The molecule has 1 heterocycles. The zero-order valence-electron chi connectivity index (χ0n) is 18.7. The normalized spacial score (nSPS) is 18.1. The highest BCUT2D eigenvalue weighted by atomic mass is 32.2. The molecule has 0 radical (unpaired) electrons.